The first kappa shape index (κ1) is 11.2. The van der Waals surface area contributed by atoms with E-state index >= 15 is 0 Å². The second-order valence-electron chi connectivity index (χ2n) is 2.99. The number of nitrogens with zero attached hydrogens (tertiary/aromatic N) is 1. The number of aromatic nitrogens is 2. The second-order valence-corrected chi connectivity index (χ2v) is 2.99. The van der Waals surface area contributed by atoms with Gasteiger partial charge in [-0.25, -0.2) is 4.79 Å². The average Bonchev–Trinajstić information content (AvgIpc) is 2.63. The van der Waals surface area contributed by atoms with E-state index < -0.39 is 17.9 Å². The first-order chi connectivity index (χ1) is 7.96. The predicted octanol–water partition coefficient (Wildman–Crippen LogP) is 1.93. The van der Waals surface area contributed by atoms with Gasteiger partial charge in [0.05, 0.1) is 5.56 Å². The van der Waals surface area contributed by atoms with Gasteiger partial charge in [0.1, 0.15) is 5.75 Å². The van der Waals surface area contributed by atoms with Crippen molar-refractivity contribution in [2.45, 2.75) is 6.36 Å². The number of aromatic amines is 1. The predicted molar refractivity (Wildman–Crippen MR) is 49.2 cm³/mol. The molecular weight excluding hydrogens is 241 g/mol. The van der Waals surface area contributed by atoms with Gasteiger partial charge in [-0.3, -0.25) is 9.51 Å². The first-order valence-corrected chi connectivity index (χ1v) is 4.37. The lowest BCUT2D eigenvalue weighted by Gasteiger charge is -2.10. The summed E-state index contributed by atoms with van der Waals surface area (Å²) in [5.41, 5.74) is -0.0179. The van der Waals surface area contributed by atoms with E-state index in [4.69, 9.17) is 0 Å². The van der Waals surface area contributed by atoms with Crippen LogP contribution in [0, 0.1) is 0 Å². The van der Waals surface area contributed by atoms with Gasteiger partial charge < -0.3 is 4.74 Å². The summed E-state index contributed by atoms with van der Waals surface area (Å²) in [6.07, 6.45) is -4.82. The summed E-state index contributed by atoms with van der Waals surface area (Å²) >= 11 is 0. The fraction of sp³-hybridized carbons (Fsp3) is 0.111. The van der Waals surface area contributed by atoms with Gasteiger partial charge >= 0.3 is 12.1 Å². The number of ether oxygens (including phenoxy) is 1. The molecule has 0 saturated carbocycles. The summed E-state index contributed by atoms with van der Waals surface area (Å²) in [5, 5.41) is 3.29. The van der Waals surface area contributed by atoms with E-state index in [2.05, 4.69) is 19.4 Å². The van der Waals surface area contributed by atoms with E-state index in [-0.39, 0.29) is 11.4 Å². The molecule has 90 valence electrons. The molecule has 8 heteroatoms. The zero-order valence-corrected chi connectivity index (χ0v) is 8.12. The molecule has 0 fully saturated rings. The Bertz CT molecular complexity index is 573. The van der Waals surface area contributed by atoms with Gasteiger partial charge in [0.25, 0.3) is 0 Å². The summed E-state index contributed by atoms with van der Waals surface area (Å²) in [5.74, 6) is -1.46. The van der Waals surface area contributed by atoms with Crippen LogP contribution in [0.5, 0.6) is 5.75 Å². The number of H-pyrrole nitrogens is 1. The molecule has 0 spiro atoms. The molecule has 1 N–H and O–H groups in total. The quantitative estimate of drug-likeness (QED) is 0.879. The van der Waals surface area contributed by atoms with Crippen LogP contribution < -0.4 is 10.5 Å². The molecule has 5 nitrogen and oxygen atoms in total. The highest BCUT2D eigenvalue weighted by Crippen LogP contribution is 2.31. The third-order valence-electron chi connectivity index (χ3n) is 1.81. The molecule has 0 amide bonds. The van der Waals surface area contributed by atoms with Crippen LogP contribution in [0.2, 0.25) is 0 Å². The van der Waals surface area contributed by atoms with Crippen LogP contribution in [0.25, 0.3) is 11.4 Å². The molecular formula is C9H5F3N2O3. The maximum absolute atomic E-state index is 12.1. The zero-order valence-electron chi connectivity index (χ0n) is 8.12. The molecule has 0 atom stereocenters. The molecule has 0 aliphatic rings. The van der Waals surface area contributed by atoms with Gasteiger partial charge in [-0.2, -0.15) is 0 Å². The Morgan fingerprint density at radius 2 is 2.00 bits per heavy atom. The summed E-state index contributed by atoms with van der Waals surface area (Å²) in [4.78, 5) is 12.9. The Labute approximate surface area is 91.8 Å². The van der Waals surface area contributed by atoms with Crippen molar-refractivity contribution >= 4 is 0 Å². The Balaban J connectivity index is 2.44. The minimum absolute atomic E-state index is 0.0179. The van der Waals surface area contributed by atoms with Crippen molar-refractivity contribution in [1.82, 2.24) is 10.1 Å². The number of hydrogen-bond donors (Lipinski definition) is 1. The third kappa shape index (κ3) is 2.65. The Hall–Kier alpha value is -2.25. The lowest BCUT2D eigenvalue weighted by atomic mass is 10.2. The van der Waals surface area contributed by atoms with Crippen molar-refractivity contribution < 1.29 is 22.4 Å². The van der Waals surface area contributed by atoms with E-state index in [0.29, 0.717) is 0 Å². The molecule has 1 aromatic heterocycles. The number of hydrogen-bond acceptors (Lipinski definition) is 4. The van der Waals surface area contributed by atoms with E-state index in [1.54, 1.807) is 0 Å². The number of nitrogens with one attached hydrogen (secondary N) is 1. The number of alkyl halides is 3. The van der Waals surface area contributed by atoms with Gasteiger partial charge in [0, 0.05) is 0 Å². The van der Waals surface area contributed by atoms with Crippen LogP contribution in [0.15, 0.2) is 33.6 Å². The van der Waals surface area contributed by atoms with Gasteiger partial charge in [0.15, 0.2) is 5.82 Å². The average molecular weight is 246 g/mol. The Kier molecular flexibility index (Phi) is 2.62. The molecule has 1 heterocycles. The normalized spacial score (nSPS) is 11.5. The molecule has 0 saturated heterocycles. The highest BCUT2D eigenvalue weighted by atomic mass is 19.4. The van der Waals surface area contributed by atoms with Crippen molar-refractivity contribution in [2.75, 3.05) is 0 Å². The highest BCUT2D eigenvalue weighted by molar-refractivity contribution is 5.63. The lowest BCUT2D eigenvalue weighted by Crippen LogP contribution is -2.17. The minimum Gasteiger partial charge on any atom is -0.405 e. The van der Waals surface area contributed by atoms with Gasteiger partial charge in [-0.15, -0.1) is 13.2 Å². The maximum Gasteiger partial charge on any atom is 0.573 e. The molecule has 17 heavy (non-hydrogen) atoms. The molecule has 0 radical (unpaired) electrons. The standard InChI is InChI=1S/C9H5F3N2O3/c10-9(11,12)16-6-4-2-1-3-5(6)7-13-8(15)17-14-7/h1-4H,(H,13,14,15). The van der Waals surface area contributed by atoms with Crippen molar-refractivity contribution in [3.63, 3.8) is 0 Å². The molecule has 1 aromatic carbocycles. The molecule has 2 rings (SSSR count). The fourth-order valence-electron chi connectivity index (χ4n) is 1.22. The van der Waals surface area contributed by atoms with Gasteiger partial charge in [0.2, 0.25) is 0 Å². The summed E-state index contributed by atoms with van der Waals surface area (Å²) in [6, 6.07) is 5.26. The van der Waals surface area contributed by atoms with Gasteiger partial charge in [-0.1, -0.05) is 17.3 Å². The van der Waals surface area contributed by atoms with Crippen molar-refractivity contribution in [3.05, 3.63) is 34.8 Å². The number of para-hydroxylation sites is 1. The Morgan fingerprint density at radius 3 is 2.59 bits per heavy atom. The Morgan fingerprint density at radius 1 is 1.29 bits per heavy atom. The van der Waals surface area contributed by atoms with Crippen LogP contribution in [-0.4, -0.2) is 16.5 Å². The molecule has 0 unspecified atom stereocenters. The fourth-order valence-corrected chi connectivity index (χ4v) is 1.22. The van der Waals surface area contributed by atoms with E-state index in [9.17, 15) is 18.0 Å². The summed E-state index contributed by atoms with van der Waals surface area (Å²) in [7, 11) is 0. The van der Waals surface area contributed by atoms with Crippen LogP contribution >= 0.6 is 0 Å². The van der Waals surface area contributed by atoms with Crippen LogP contribution in [-0.2, 0) is 0 Å². The second kappa shape index (κ2) is 3.96. The zero-order chi connectivity index (χ0) is 12.5. The van der Waals surface area contributed by atoms with Gasteiger partial charge in [-0.05, 0) is 12.1 Å². The number of halogens is 3. The smallest absolute Gasteiger partial charge is 0.405 e. The van der Waals surface area contributed by atoms with E-state index in [1.807, 2.05) is 0 Å². The minimum atomic E-state index is -4.82. The number of rotatable bonds is 2. The lowest BCUT2D eigenvalue weighted by molar-refractivity contribution is -0.274. The third-order valence-corrected chi connectivity index (χ3v) is 1.81. The van der Waals surface area contributed by atoms with Crippen molar-refractivity contribution in [3.8, 4) is 17.1 Å². The number of benzene rings is 1. The maximum atomic E-state index is 12.1. The monoisotopic (exact) mass is 246 g/mol. The van der Waals surface area contributed by atoms with Crippen LogP contribution in [0.4, 0.5) is 13.2 Å². The first-order valence-electron chi connectivity index (χ1n) is 4.37. The molecule has 0 aliphatic carbocycles. The SMILES string of the molecule is O=c1[nH]c(-c2ccccc2OC(F)(F)F)no1. The summed E-state index contributed by atoms with van der Waals surface area (Å²) in [6.45, 7) is 0. The molecule has 2 aromatic rings. The van der Waals surface area contributed by atoms with E-state index in [1.165, 1.54) is 18.2 Å². The van der Waals surface area contributed by atoms with E-state index in [0.717, 1.165) is 6.07 Å². The topological polar surface area (TPSA) is 68.1 Å². The summed E-state index contributed by atoms with van der Waals surface area (Å²) < 4.78 is 44.3. The van der Waals surface area contributed by atoms with Crippen LogP contribution in [0.3, 0.4) is 0 Å². The van der Waals surface area contributed by atoms with Crippen molar-refractivity contribution in [2.24, 2.45) is 0 Å². The molecule has 0 aliphatic heterocycles. The van der Waals surface area contributed by atoms with Crippen LogP contribution in [0.1, 0.15) is 0 Å². The molecule has 0 bridgehead atoms. The van der Waals surface area contributed by atoms with Crippen molar-refractivity contribution in [1.29, 1.82) is 0 Å². The highest BCUT2D eigenvalue weighted by Gasteiger charge is 2.32. The largest absolute Gasteiger partial charge is 0.573 e.